The summed E-state index contributed by atoms with van der Waals surface area (Å²) >= 11 is 1.92. The Morgan fingerprint density at radius 1 is 1.33 bits per heavy atom. The first-order valence-electron chi connectivity index (χ1n) is 7.04. The average Bonchev–Trinajstić information content (AvgIpc) is 2.94. The molecule has 0 aromatic carbocycles. The number of aryl methyl sites for hydroxylation is 2. The largest absolute Gasteiger partial charge is 0.379 e. The molecule has 1 N–H and O–H groups in total. The zero-order valence-corrected chi connectivity index (χ0v) is 12.1. The van der Waals surface area contributed by atoms with E-state index in [1.165, 1.54) is 41.3 Å². The van der Waals surface area contributed by atoms with Gasteiger partial charge in [0.1, 0.15) is 5.01 Å². The summed E-state index contributed by atoms with van der Waals surface area (Å²) < 4.78 is 5.65. The van der Waals surface area contributed by atoms with Crippen LogP contribution in [0.1, 0.15) is 48.7 Å². The molecule has 100 valence electrons. The molecule has 1 aliphatic heterocycles. The van der Waals surface area contributed by atoms with E-state index < -0.39 is 0 Å². The average molecular weight is 266 g/mol. The van der Waals surface area contributed by atoms with Gasteiger partial charge in [0.2, 0.25) is 0 Å². The summed E-state index contributed by atoms with van der Waals surface area (Å²) in [6, 6.07) is 0.465. The maximum absolute atomic E-state index is 5.65. The molecule has 0 radical (unpaired) electrons. The van der Waals surface area contributed by atoms with Crippen molar-refractivity contribution in [1.82, 2.24) is 10.3 Å². The Hall–Kier alpha value is -0.450. The highest BCUT2D eigenvalue weighted by Crippen LogP contribution is 2.37. The molecule has 1 aliphatic carbocycles. The third kappa shape index (κ3) is 2.22. The molecule has 1 aromatic heterocycles. The number of hydrogen-bond acceptors (Lipinski definition) is 4. The minimum absolute atomic E-state index is 0.0177. The Morgan fingerprint density at radius 2 is 2.17 bits per heavy atom. The number of ether oxygens (including phenoxy) is 1. The summed E-state index contributed by atoms with van der Waals surface area (Å²) in [7, 11) is 0. The predicted molar refractivity (Wildman–Crippen MR) is 74.1 cm³/mol. The maximum atomic E-state index is 5.65. The highest BCUT2D eigenvalue weighted by atomic mass is 32.1. The molecular formula is C14H22N2OS. The van der Waals surface area contributed by atoms with E-state index in [1.54, 1.807) is 0 Å². The fourth-order valence-electron chi connectivity index (χ4n) is 3.02. The quantitative estimate of drug-likeness (QED) is 0.913. The first kappa shape index (κ1) is 12.6. The van der Waals surface area contributed by atoms with Crippen LogP contribution in [0.4, 0.5) is 0 Å². The first-order valence-corrected chi connectivity index (χ1v) is 7.86. The molecule has 0 bridgehead atoms. The molecular weight excluding hydrogens is 244 g/mol. The normalized spacial score (nSPS) is 27.7. The van der Waals surface area contributed by atoms with Gasteiger partial charge in [0.05, 0.1) is 17.8 Å². The van der Waals surface area contributed by atoms with Crippen LogP contribution in [0.25, 0.3) is 0 Å². The van der Waals surface area contributed by atoms with Gasteiger partial charge in [-0.05, 0) is 46.0 Å². The molecule has 1 atom stereocenters. The van der Waals surface area contributed by atoms with Crippen LogP contribution >= 0.6 is 11.3 Å². The van der Waals surface area contributed by atoms with Crippen molar-refractivity contribution in [2.75, 3.05) is 13.2 Å². The molecule has 1 aromatic rings. The van der Waals surface area contributed by atoms with Crippen LogP contribution < -0.4 is 5.32 Å². The van der Waals surface area contributed by atoms with E-state index in [-0.39, 0.29) is 5.54 Å². The van der Waals surface area contributed by atoms with Gasteiger partial charge < -0.3 is 10.1 Å². The van der Waals surface area contributed by atoms with E-state index in [9.17, 15) is 0 Å². The van der Waals surface area contributed by atoms with Crippen molar-refractivity contribution in [1.29, 1.82) is 0 Å². The Balaban J connectivity index is 1.92. The molecule has 1 saturated heterocycles. The van der Waals surface area contributed by atoms with E-state index in [4.69, 9.17) is 9.72 Å². The van der Waals surface area contributed by atoms with E-state index in [0.29, 0.717) is 6.04 Å². The number of aromatic nitrogens is 1. The number of fused-ring (bicyclic) bond motifs is 1. The number of thiazole rings is 1. The molecule has 18 heavy (non-hydrogen) atoms. The van der Waals surface area contributed by atoms with E-state index in [1.807, 2.05) is 11.3 Å². The second-order valence-corrected chi connectivity index (χ2v) is 6.86. The second-order valence-electron chi connectivity index (χ2n) is 5.78. The molecule has 2 heterocycles. The monoisotopic (exact) mass is 266 g/mol. The molecule has 4 heteroatoms. The number of nitrogens with zero attached hydrogens (tertiary/aromatic N) is 1. The van der Waals surface area contributed by atoms with Crippen LogP contribution in [0.5, 0.6) is 0 Å². The van der Waals surface area contributed by atoms with Crippen LogP contribution in [-0.2, 0) is 23.1 Å². The van der Waals surface area contributed by atoms with Gasteiger partial charge in [0, 0.05) is 17.5 Å². The lowest BCUT2D eigenvalue weighted by atomic mass is 9.98. The first-order chi connectivity index (χ1) is 8.70. The fraction of sp³-hybridized carbons (Fsp3) is 0.786. The highest BCUT2D eigenvalue weighted by Gasteiger charge is 2.40. The summed E-state index contributed by atoms with van der Waals surface area (Å²) in [4.78, 5) is 6.46. The third-order valence-electron chi connectivity index (χ3n) is 3.84. The number of rotatable bonds is 3. The van der Waals surface area contributed by atoms with E-state index in [0.717, 1.165) is 19.6 Å². The van der Waals surface area contributed by atoms with Gasteiger partial charge in [0.15, 0.2) is 0 Å². The minimum Gasteiger partial charge on any atom is -0.379 e. The molecule has 2 aliphatic rings. The summed E-state index contributed by atoms with van der Waals surface area (Å²) in [6.07, 6.45) is 6.08. The summed E-state index contributed by atoms with van der Waals surface area (Å²) in [6.45, 7) is 6.03. The number of nitrogens with one attached hydrogen (secondary N) is 1. The zero-order chi connectivity index (χ0) is 12.6. The Labute approximate surface area is 113 Å². The smallest absolute Gasteiger partial charge is 0.116 e. The lowest BCUT2D eigenvalue weighted by Crippen LogP contribution is -2.46. The molecule has 3 rings (SSSR count). The summed E-state index contributed by atoms with van der Waals surface area (Å²) in [5, 5.41) is 4.97. The lowest BCUT2D eigenvalue weighted by Gasteiger charge is -2.29. The van der Waals surface area contributed by atoms with Gasteiger partial charge in [0.25, 0.3) is 0 Å². The summed E-state index contributed by atoms with van der Waals surface area (Å²) in [5.41, 5.74) is 1.34. The highest BCUT2D eigenvalue weighted by molar-refractivity contribution is 7.11. The van der Waals surface area contributed by atoms with Gasteiger partial charge >= 0.3 is 0 Å². The van der Waals surface area contributed by atoms with Crippen LogP contribution in [-0.4, -0.2) is 24.2 Å². The maximum Gasteiger partial charge on any atom is 0.116 e. The van der Waals surface area contributed by atoms with Gasteiger partial charge in [-0.3, -0.25) is 0 Å². The van der Waals surface area contributed by atoms with E-state index >= 15 is 0 Å². The second kappa shape index (κ2) is 4.91. The van der Waals surface area contributed by atoms with Crippen LogP contribution in [0, 0.1) is 0 Å². The fourth-order valence-corrected chi connectivity index (χ4v) is 4.33. The standard InChI is InChI=1S/C14H22N2OS/c1-10(2)16-14(7-8-17-9-14)13-15-11-5-3-4-6-12(11)18-13/h10,16H,3-9H2,1-2H3. The Bertz CT molecular complexity index is 398. The molecule has 0 saturated carbocycles. The molecule has 0 spiro atoms. The van der Waals surface area contributed by atoms with Crippen LogP contribution in [0.15, 0.2) is 0 Å². The van der Waals surface area contributed by atoms with Gasteiger partial charge in [-0.25, -0.2) is 4.98 Å². The lowest BCUT2D eigenvalue weighted by molar-refractivity contribution is 0.162. The third-order valence-corrected chi connectivity index (χ3v) is 5.20. The van der Waals surface area contributed by atoms with Crippen LogP contribution in [0.3, 0.4) is 0 Å². The van der Waals surface area contributed by atoms with Crippen molar-refractivity contribution < 1.29 is 4.74 Å². The van der Waals surface area contributed by atoms with Gasteiger partial charge in [-0.2, -0.15) is 0 Å². The molecule has 3 nitrogen and oxygen atoms in total. The molecule has 0 amide bonds. The zero-order valence-electron chi connectivity index (χ0n) is 11.3. The number of hydrogen-bond donors (Lipinski definition) is 1. The van der Waals surface area contributed by atoms with Crippen molar-refractivity contribution in [2.45, 2.75) is 57.5 Å². The summed E-state index contributed by atoms with van der Waals surface area (Å²) in [5.74, 6) is 0. The van der Waals surface area contributed by atoms with Crippen molar-refractivity contribution in [3.05, 3.63) is 15.6 Å². The SMILES string of the molecule is CC(C)NC1(c2nc3c(s2)CCCC3)CCOC1. The van der Waals surface area contributed by atoms with Crippen molar-refractivity contribution in [2.24, 2.45) is 0 Å². The van der Waals surface area contributed by atoms with Crippen molar-refractivity contribution >= 4 is 11.3 Å². The van der Waals surface area contributed by atoms with Crippen molar-refractivity contribution in [3.8, 4) is 0 Å². The molecule has 1 fully saturated rings. The topological polar surface area (TPSA) is 34.2 Å². The van der Waals surface area contributed by atoms with Crippen LogP contribution in [0.2, 0.25) is 0 Å². The molecule has 1 unspecified atom stereocenters. The van der Waals surface area contributed by atoms with Gasteiger partial charge in [-0.1, -0.05) is 0 Å². The van der Waals surface area contributed by atoms with Crippen molar-refractivity contribution in [3.63, 3.8) is 0 Å². The van der Waals surface area contributed by atoms with Gasteiger partial charge in [-0.15, -0.1) is 11.3 Å². The van der Waals surface area contributed by atoms with E-state index in [2.05, 4.69) is 19.2 Å². The minimum atomic E-state index is -0.0177. The Morgan fingerprint density at radius 3 is 2.83 bits per heavy atom. The Kier molecular flexibility index (Phi) is 3.43. The predicted octanol–water partition coefficient (Wildman–Crippen LogP) is 2.64.